The Hall–Kier alpha value is -6.71. The zero-order valence-corrected chi connectivity index (χ0v) is 27.9. The molecule has 0 atom stereocenters. The molecule has 242 valence electrons. The van der Waals surface area contributed by atoms with Crippen LogP contribution in [0.25, 0.3) is 78.1 Å². The Morgan fingerprint density at radius 1 is 0.294 bits per heavy atom. The van der Waals surface area contributed by atoms with Crippen molar-refractivity contribution in [3.05, 3.63) is 188 Å². The Morgan fingerprint density at radius 2 is 0.647 bits per heavy atom. The van der Waals surface area contributed by atoms with Crippen LogP contribution in [0.5, 0.6) is 11.5 Å². The molecule has 2 heterocycles. The molecular weight excluding hydrogens is 623 g/mol. The smallest absolute Gasteiger partial charge is 0.230 e. The topological polar surface area (TPSA) is 31.4 Å². The normalized spacial score (nSPS) is 11.8. The molecule has 9 rings (SSSR count). The number of ether oxygens (including phenoxy) is 2. The number of hydrogen-bond acceptors (Lipinski definition) is 3. The Labute approximate surface area is 298 Å². The first-order chi connectivity index (χ1) is 25.2. The van der Waals surface area contributed by atoms with E-state index in [0.29, 0.717) is 0 Å². The van der Waals surface area contributed by atoms with Crippen LogP contribution >= 0.6 is 0 Å². The molecule has 0 saturated carbocycles. The van der Waals surface area contributed by atoms with Gasteiger partial charge in [0.1, 0.15) is 11.5 Å². The highest BCUT2D eigenvalue weighted by molar-refractivity contribution is 5.88. The summed E-state index contributed by atoms with van der Waals surface area (Å²) in [5, 5.41) is 0. The quantitative estimate of drug-likeness (QED) is 0.179. The van der Waals surface area contributed by atoms with Gasteiger partial charge in [-0.25, -0.2) is 4.98 Å². The van der Waals surface area contributed by atoms with E-state index in [0.717, 1.165) is 67.4 Å². The van der Waals surface area contributed by atoms with E-state index in [1.54, 1.807) is 0 Å². The van der Waals surface area contributed by atoms with Crippen molar-refractivity contribution in [1.82, 2.24) is 4.98 Å². The molecule has 0 saturated heterocycles. The first kappa shape index (κ1) is 30.4. The van der Waals surface area contributed by atoms with Gasteiger partial charge in [-0.05, 0) is 99.1 Å². The summed E-state index contributed by atoms with van der Waals surface area (Å²) in [5.41, 5.74) is 15.1. The second-order valence-corrected chi connectivity index (χ2v) is 12.7. The molecule has 7 aromatic carbocycles. The van der Waals surface area contributed by atoms with Crippen molar-refractivity contribution in [2.24, 2.45) is 0 Å². The van der Waals surface area contributed by atoms with Gasteiger partial charge in [0.05, 0.1) is 11.4 Å². The maximum Gasteiger partial charge on any atom is 0.230 e. The average molecular weight is 656 g/mol. The van der Waals surface area contributed by atoms with Crippen LogP contribution in [0.3, 0.4) is 0 Å². The summed E-state index contributed by atoms with van der Waals surface area (Å²) >= 11 is 0. The standard InChI is InChI=1S/C48H33NO2/c1-5-13-33(14-6-1)39-25-40(34-15-7-2-8-16-34)27-41(26-39)37-21-23-47-43(28-37)44-29-38(22-24-48(44)51-32-50-47)42-30-45(35-17-9-3-10-18-35)49-46(31-42)36-19-11-4-12-20-36/h1-31H,32H2. The fourth-order valence-corrected chi connectivity index (χ4v) is 6.85. The lowest BCUT2D eigenvalue weighted by molar-refractivity contribution is 0.125. The van der Waals surface area contributed by atoms with E-state index >= 15 is 0 Å². The Bertz CT molecular complexity index is 2190. The van der Waals surface area contributed by atoms with Crippen LogP contribution < -0.4 is 9.47 Å². The molecule has 3 heteroatoms. The Morgan fingerprint density at radius 3 is 1.06 bits per heavy atom. The second-order valence-electron chi connectivity index (χ2n) is 12.7. The predicted octanol–water partition coefficient (Wildman–Crippen LogP) is 12.5. The van der Waals surface area contributed by atoms with Crippen molar-refractivity contribution in [3.8, 4) is 89.6 Å². The molecular formula is C48H33NO2. The fourth-order valence-electron chi connectivity index (χ4n) is 6.85. The van der Waals surface area contributed by atoms with Gasteiger partial charge in [0.25, 0.3) is 0 Å². The van der Waals surface area contributed by atoms with Crippen molar-refractivity contribution in [3.63, 3.8) is 0 Å². The molecule has 3 nitrogen and oxygen atoms in total. The van der Waals surface area contributed by atoms with Crippen molar-refractivity contribution >= 4 is 0 Å². The van der Waals surface area contributed by atoms with Gasteiger partial charge in [0.15, 0.2) is 0 Å². The maximum absolute atomic E-state index is 6.18. The number of rotatable bonds is 6. The predicted molar refractivity (Wildman–Crippen MR) is 208 cm³/mol. The molecule has 0 amide bonds. The van der Waals surface area contributed by atoms with Gasteiger partial charge in [-0.3, -0.25) is 0 Å². The maximum atomic E-state index is 6.18. The summed E-state index contributed by atoms with van der Waals surface area (Å²) in [4.78, 5) is 5.10. The molecule has 0 aliphatic carbocycles. The van der Waals surface area contributed by atoms with Gasteiger partial charge in [-0.1, -0.05) is 133 Å². The van der Waals surface area contributed by atoms with E-state index in [-0.39, 0.29) is 6.79 Å². The molecule has 1 aliphatic rings. The van der Waals surface area contributed by atoms with Crippen LogP contribution in [0.4, 0.5) is 0 Å². The van der Waals surface area contributed by atoms with E-state index in [4.69, 9.17) is 14.5 Å². The molecule has 0 N–H and O–H groups in total. The van der Waals surface area contributed by atoms with Gasteiger partial charge in [0.2, 0.25) is 6.79 Å². The molecule has 0 unspecified atom stereocenters. The fraction of sp³-hybridized carbons (Fsp3) is 0.0208. The number of pyridine rings is 1. The molecule has 0 bridgehead atoms. The van der Waals surface area contributed by atoms with Crippen LogP contribution in [0.1, 0.15) is 0 Å². The number of aromatic nitrogens is 1. The van der Waals surface area contributed by atoms with Gasteiger partial charge < -0.3 is 9.47 Å². The largest absolute Gasteiger partial charge is 0.457 e. The Balaban J connectivity index is 1.18. The monoisotopic (exact) mass is 655 g/mol. The number of benzene rings is 7. The lowest BCUT2D eigenvalue weighted by atomic mass is 9.91. The van der Waals surface area contributed by atoms with Gasteiger partial charge in [0, 0.05) is 22.3 Å². The van der Waals surface area contributed by atoms with E-state index < -0.39 is 0 Å². The SMILES string of the molecule is c1ccc(-c2cc(-c3ccccc3)cc(-c3ccc4c(c3)-c3cc(-c5cc(-c6ccccc6)nc(-c6ccccc6)c5)ccc3OCO4)c2)cc1. The van der Waals surface area contributed by atoms with Gasteiger partial charge in [-0.15, -0.1) is 0 Å². The molecule has 0 spiro atoms. The highest BCUT2D eigenvalue weighted by atomic mass is 16.7. The zero-order chi connectivity index (χ0) is 34.0. The van der Waals surface area contributed by atoms with Crippen LogP contribution in [0.2, 0.25) is 0 Å². The molecule has 0 radical (unpaired) electrons. The van der Waals surface area contributed by atoms with E-state index in [2.05, 4.69) is 176 Å². The summed E-state index contributed by atoms with van der Waals surface area (Å²) in [7, 11) is 0. The highest BCUT2D eigenvalue weighted by Crippen LogP contribution is 2.44. The van der Waals surface area contributed by atoms with E-state index in [9.17, 15) is 0 Å². The van der Waals surface area contributed by atoms with Crippen molar-refractivity contribution in [2.45, 2.75) is 0 Å². The summed E-state index contributed by atoms with van der Waals surface area (Å²) in [6.07, 6.45) is 0. The van der Waals surface area contributed by atoms with Gasteiger partial charge >= 0.3 is 0 Å². The minimum Gasteiger partial charge on any atom is -0.457 e. The number of fused-ring (bicyclic) bond motifs is 3. The third-order valence-corrected chi connectivity index (χ3v) is 9.46. The van der Waals surface area contributed by atoms with Crippen molar-refractivity contribution in [1.29, 1.82) is 0 Å². The second kappa shape index (κ2) is 13.3. The first-order valence-electron chi connectivity index (χ1n) is 17.2. The molecule has 1 aromatic heterocycles. The van der Waals surface area contributed by atoms with Gasteiger partial charge in [-0.2, -0.15) is 0 Å². The minimum atomic E-state index is 0.145. The molecule has 0 fully saturated rings. The average Bonchev–Trinajstić information content (AvgIpc) is 3.40. The van der Waals surface area contributed by atoms with E-state index in [1.165, 1.54) is 22.3 Å². The summed E-state index contributed by atoms with van der Waals surface area (Å²) in [5.74, 6) is 1.58. The molecule has 8 aromatic rings. The highest BCUT2D eigenvalue weighted by Gasteiger charge is 2.20. The third-order valence-electron chi connectivity index (χ3n) is 9.46. The zero-order valence-electron chi connectivity index (χ0n) is 27.9. The first-order valence-corrected chi connectivity index (χ1v) is 17.2. The summed E-state index contributed by atoms with van der Waals surface area (Å²) < 4.78 is 12.3. The molecule has 51 heavy (non-hydrogen) atoms. The van der Waals surface area contributed by atoms with Crippen molar-refractivity contribution in [2.75, 3.05) is 6.79 Å². The lowest BCUT2D eigenvalue weighted by Gasteiger charge is -2.15. The molecule has 1 aliphatic heterocycles. The summed E-state index contributed by atoms with van der Waals surface area (Å²) in [6.45, 7) is 0.145. The van der Waals surface area contributed by atoms with Crippen LogP contribution in [-0.4, -0.2) is 11.8 Å². The minimum absolute atomic E-state index is 0.145. The third kappa shape index (κ3) is 6.18. The van der Waals surface area contributed by atoms with Crippen LogP contribution in [0, 0.1) is 0 Å². The Kier molecular flexibility index (Phi) is 7.92. The lowest BCUT2D eigenvalue weighted by Crippen LogP contribution is -2.03. The summed E-state index contributed by atoms with van der Waals surface area (Å²) in [6, 6.07) is 65.9. The van der Waals surface area contributed by atoms with Crippen molar-refractivity contribution < 1.29 is 9.47 Å². The van der Waals surface area contributed by atoms with Crippen LogP contribution in [-0.2, 0) is 0 Å². The van der Waals surface area contributed by atoms with E-state index in [1.807, 2.05) is 12.1 Å². The number of hydrogen-bond donors (Lipinski definition) is 0. The number of nitrogens with zero attached hydrogens (tertiary/aromatic N) is 1. The van der Waals surface area contributed by atoms with Crippen LogP contribution in [0.15, 0.2) is 188 Å².